The van der Waals surface area contributed by atoms with Crippen LogP contribution in [-0.4, -0.2) is 9.97 Å². The molecule has 3 nitrogen and oxygen atoms in total. The molecular weight excluding hydrogens is 354 g/mol. The minimum absolute atomic E-state index is 0.636. The second kappa shape index (κ2) is 5.16. The van der Waals surface area contributed by atoms with Crippen molar-refractivity contribution in [2.24, 2.45) is 0 Å². The van der Waals surface area contributed by atoms with Crippen molar-refractivity contribution in [1.82, 2.24) is 9.97 Å². The Bertz CT molecular complexity index is 519. The summed E-state index contributed by atoms with van der Waals surface area (Å²) in [6, 6.07) is 5.63. The largest absolute Gasteiger partial charge is 0.397 e. The molecule has 0 saturated heterocycles. The van der Waals surface area contributed by atoms with Gasteiger partial charge in [0.1, 0.15) is 10.1 Å². The molecule has 2 N–H and O–H groups in total. The second-order valence-corrected chi connectivity index (χ2v) is 5.69. The van der Waals surface area contributed by atoms with Crippen LogP contribution in [-0.2, 0) is 0 Å². The van der Waals surface area contributed by atoms with Gasteiger partial charge in [0.05, 0.1) is 10.2 Å². The molecule has 0 aliphatic heterocycles. The van der Waals surface area contributed by atoms with E-state index in [2.05, 4.69) is 41.8 Å². The van der Waals surface area contributed by atoms with Crippen LogP contribution in [0.2, 0.25) is 0 Å². The number of hydrogen-bond donors (Lipinski definition) is 1. The van der Waals surface area contributed by atoms with E-state index in [0.29, 0.717) is 5.69 Å². The number of nitrogen functional groups attached to an aromatic ring is 1. The summed E-state index contributed by atoms with van der Waals surface area (Å²) < 4.78 is 1.80. The lowest BCUT2D eigenvalue weighted by atomic mass is 10.4. The number of anilines is 1. The van der Waals surface area contributed by atoms with E-state index in [0.717, 1.165) is 19.0 Å². The first kappa shape index (κ1) is 11.9. The zero-order valence-electron chi connectivity index (χ0n) is 8.02. The number of nitrogens with zero attached hydrogens (tertiary/aromatic N) is 2. The molecule has 0 saturated carbocycles. The molecule has 0 aromatic carbocycles. The summed E-state index contributed by atoms with van der Waals surface area (Å²) in [6.07, 6.45) is 3.46. The highest BCUT2D eigenvalue weighted by atomic mass is 79.9. The SMILES string of the molecule is Nc1cc(Br)cnc1Sc1ncccc1Br. The van der Waals surface area contributed by atoms with Gasteiger partial charge in [-0.3, -0.25) is 0 Å². The van der Waals surface area contributed by atoms with Gasteiger partial charge in [-0.2, -0.15) is 0 Å². The minimum atomic E-state index is 0.636. The predicted molar refractivity (Wildman–Crippen MR) is 72.4 cm³/mol. The van der Waals surface area contributed by atoms with Gasteiger partial charge in [0.2, 0.25) is 0 Å². The maximum Gasteiger partial charge on any atom is 0.125 e. The Labute approximate surface area is 114 Å². The van der Waals surface area contributed by atoms with Gasteiger partial charge in [0.15, 0.2) is 0 Å². The summed E-state index contributed by atoms with van der Waals surface area (Å²) in [5, 5.41) is 1.60. The fourth-order valence-corrected chi connectivity index (χ4v) is 2.66. The zero-order valence-corrected chi connectivity index (χ0v) is 12.0. The van der Waals surface area contributed by atoms with Crippen LogP contribution >= 0.6 is 43.6 Å². The van der Waals surface area contributed by atoms with E-state index in [9.17, 15) is 0 Å². The summed E-state index contributed by atoms with van der Waals surface area (Å²) in [5.74, 6) is 0. The summed E-state index contributed by atoms with van der Waals surface area (Å²) >= 11 is 8.19. The van der Waals surface area contributed by atoms with Gasteiger partial charge in [-0.05, 0) is 61.8 Å². The van der Waals surface area contributed by atoms with Gasteiger partial charge in [-0.25, -0.2) is 9.97 Å². The van der Waals surface area contributed by atoms with E-state index in [1.807, 2.05) is 18.2 Å². The molecule has 0 unspecified atom stereocenters. The third-order valence-electron chi connectivity index (χ3n) is 1.76. The van der Waals surface area contributed by atoms with Crippen molar-refractivity contribution in [3.8, 4) is 0 Å². The van der Waals surface area contributed by atoms with Crippen LogP contribution in [0.4, 0.5) is 5.69 Å². The molecule has 0 aliphatic carbocycles. The molecule has 0 amide bonds. The molecule has 2 aromatic heterocycles. The number of hydrogen-bond acceptors (Lipinski definition) is 4. The Morgan fingerprint density at radius 2 is 2.00 bits per heavy atom. The molecule has 6 heteroatoms. The third kappa shape index (κ3) is 2.75. The fraction of sp³-hybridized carbons (Fsp3) is 0. The van der Waals surface area contributed by atoms with Gasteiger partial charge in [0.25, 0.3) is 0 Å². The van der Waals surface area contributed by atoms with Gasteiger partial charge < -0.3 is 5.73 Å². The van der Waals surface area contributed by atoms with Crippen LogP contribution in [0.15, 0.2) is 49.6 Å². The van der Waals surface area contributed by atoms with Crippen LogP contribution < -0.4 is 5.73 Å². The molecule has 0 radical (unpaired) electrons. The number of halogens is 2. The average Bonchev–Trinajstić information content (AvgIpc) is 2.25. The van der Waals surface area contributed by atoms with Gasteiger partial charge in [-0.1, -0.05) is 0 Å². The minimum Gasteiger partial charge on any atom is -0.397 e. The van der Waals surface area contributed by atoms with Crippen molar-refractivity contribution in [2.45, 2.75) is 10.1 Å². The number of pyridine rings is 2. The molecule has 0 aliphatic rings. The van der Waals surface area contributed by atoms with Gasteiger partial charge in [-0.15, -0.1) is 0 Å². The van der Waals surface area contributed by atoms with Crippen LogP contribution in [0.1, 0.15) is 0 Å². The first-order valence-electron chi connectivity index (χ1n) is 4.36. The monoisotopic (exact) mass is 359 g/mol. The maximum absolute atomic E-state index is 5.86. The molecule has 2 heterocycles. The molecular formula is C10H7Br2N3S. The quantitative estimate of drug-likeness (QED) is 0.886. The molecule has 0 atom stereocenters. The first-order valence-corrected chi connectivity index (χ1v) is 6.76. The van der Waals surface area contributed by atoms with Crippen molar-refractivity contribution in [3.05, 3.63) is 39.5 Å². The third-order valence-corrected chi connectivity index (χ3v) is 4.15. The van der Waals surface area contributed by atoms with E-state index in [1.54, 1.807) is 12.4 Å². The lowest BCUT2D eigenvalue weighted by molar-refractivity contribution is 1.08. The van der Waals surface area contributed by atoms with E-state index >= 15 is 0 Å². The highest BCUT2D eigenvalue weighted by Gasteiger charge is 2.07. The average molecular weight is 361 g/mol. The Kier molecular flexibility index (Phi) is 3.83. The first-order chi connectivity index (χ1) is 7.66. The Hall–Kier alpha value is -0.590. The molecule has 2 aromatic rings. The van der Waals surface area contributed by atoms with E-state index < -0.39 is 0 Å². The van der Waals surface area contributed by atoms with Crippen molar-refractivity contribution in [2.75, 3.05) is 5.73 Å². The molecule has 2 rings (SSSR count). The zero-order chi connectivity index (χ0) is 11.5. The van der Waals surface area contributed by atoms with Crippen LogP contribution in [0, 0.1) is 0 Å². The Balaban J connectivity index is 2.31. The van der Waals surface area contributed by atoms with Gasteiger partial charge >= 0.3 is 0 Å². The van der Waals surface area contributed by atoms with E-state index in [1.165, 1.54) is 11.8 Å². The maximum atomic E-state index is 5.86. The number of nitrogens with two attached hydrogens (primary N) is 1. The number of rotatable bonds is 2. The van der Waals surface area contributed by atoms with Crippen LogP contribution in [0.25, 0.3) is 0 Å². The summed E-state index contributed by atoms with van der Waals surface area (Å²) in [6.45, 7) is 0. The predicted octanol–water partition coefficient (Wildman–Crippen LogP) is 3.74. The molecule has 0 bridgehead atoms. The van der Waals surface area contributed by atoms with Crippen molar-refractivity contribution in [1.29, 1.82) is 0 Å². The lowest BCUT2D eigenvalue weighted by Crippen LogP contribution is -1.92. The molecule has 0 fully saturated rings. The highest BCUT2D eigenvalue weighted by Crippen LogP contribution is 2.33. The van der Waals surface area contributed by atoms with Crippen LogP contribution in [0.5, 0.6) is 0 Å². The molecule has 0 spiro atoms. The van der Waals surface area contributed by atoms with Crippen molar-refractivity contribution >= 4 is 49.3 Å². The molecule has 82 valence electrons. The lowest BCUT2D eigenvalue weighted by Gasteiger charge is -2.05. The fourth-order valence-electron chi connectivity index (χ4n) is 1.07. The Morgan fingerprint density at radius 1 is 1.19 bits per heavy atom. The van der Waals surface area contributed by atoms with Crippen molar-refractivity contribution < 1.29 is 0 Å². The summed E-state index contributed by atoms with van der Waals surface area (Å²) in [5.41, 5.74) is 6.50. The van der Waals surface area contributed by atoms with Gasteiger partial charge in [0, 0.05) is 16.9 Å². The van der Waals surface area contributed by atoms with Crippen LogP contribution in [0.3, 0.4) is 0 Å². The summed E-state index contributed by atoms with van der Waals surface area (Å²) in [7, 11) is 0. The van der Waals surface area contributed by atoms with E-state index in [-0.39, 0.29) is 0 Å². The summed E-state index contributed by atoms with van der Waals surface area (Å²) in [4.78, 5) is 8.49. The highest BCUT2D eigenvalue weighted by molar-refractivity contribution is 9.10. The number of aromatic nitrogens is 2. The normalized spacial score (nSPS) is 10.4. The molecule has 16 heavy (non-hydrogen) atoms. The van der Waals surface area contributed by atoms with E-state index in [4.69, 9.17) is 5.73 Å². The Morgan fingerprint density at radius 3 is 2.69 bits per heavy atom. The topological polar surface area (TPSA) is 51.8 Å². The van der Waals surface area contributed by atoms with Crippen molar-refractivity contribution in [3.63, 3.8) is 0 Å². The smallest absolute Gasteiger partial charge is 0.125 e. The standard InChI is InChI=1S/C10H7Br2N3S/c11-6-4-8(13)10(15-5-6)16-9-7(12)2-1-3-14-9/h1-5H,13H2. The second-order valence-electron chi connectivity index (χ2n) is 2.94.